The van der Waals surface area contributed by atoms with Gasteiger partial charge in [0.15, 0.2) is 0 Å². The van der Waals surface area contributed by atoms with Gasteiger partial charge in [0.05, 0.1) is 0 Å². The average molecular weight is 142 g/mol. The van der Waals surface area contributed by atoms with Crippen LogP contribution < -0.4 is 0 Å². The van der Waals surface area contributed by atoms with Gasteiger partial charge in [-0.25, -0.2) is 0 Å². The zero-order valence-electron chi connectivity index (χ0n) is 7.42. The van der Waals surface area contributed by atoms with E-state index in [0.717, 1.165) is 12.7 Å². The topological polar surface area (TPSA) is 17.1 Å². The highest BCUT2D eigenvalue weighted by Crippen LogP contribution is 2.20. The molecule has 2 unspecified atom stereocenters. The third kappa shape index (κ3) is 2.51. The van der Waals surface area contributed by atoms with Crippen LogP contribution >= 0.6 is 0 Å². The van der Waals surface area contributed by atoms with Gasteiger partial charge >= 0.3 is 0 Å². The van der Waals surface area contributed by atoms with Gasteiger partial charge in [0.2, 0.25) is 0 Å². The largest absolute Gasteiger partial charge is 0.303 e. The maximum atomic E-state index is 10.5. The van der Waals surface area contributed by atoms with Gasteiger partial charge in [-0.05, 0) is 11.8 Å². The minimum atomic E-state index is 0.255. The van der Waals surface area contributed by atoms with Gasteiger partial charge in [-0.2, -0.15) is 0 Å². The molecule has 0 fully saturated rings. The van der Waals surface area contributed by atoms with Crippen LogP contribution in [0.15, 0.2) is 0 Å². The van der Waals surface area contributed by atoms with Crippen LogP contribution in [0.1, 0.15) is 34.1 Å². The van der Waals surface area contributed by atoms with E-state index in [0.29, 0.717) is 11.8 Å². The fourth-order valence-electron chi connectivity index (χ4n) is 1.22. The molecule has 2 atom stereocenters. The van der Waals surface area contributed by atoms with Gasteiger partial charge in [0.25, 0.3) is 0 Å². The van der Waals surface area contributed by atoms with E-state index in [9.17, 15) is 4.79 Å². The molecule has 0 aromatic rings. The SMILES string of the molecule is CCC(C)C(C=O)C(C)C. The number of rotatable bonds is 4. The van der Waals surface area contributed by atoms with Crippen molar-refractivity contribution < 1.29 is 4.79 Å². The van der Waals surface area contributed by atoms with Crippen LogP contribution in [0.2, 0.25) is 0 Å². The summed E-state index contributed by atoms with van der Waals surface area (Å²) in [6.07, 6.45) is 2.19. The number of carbonyl (C=O) groups is 1. The van der Waals surface area contributed by atoms with E-state index in [1.54, 1.807) is 0 Å². The summed E-state index contributed by atoms with van der Waals surface area (Å²) in [5.41, 5.74) is 0. The minimum absolute atomic E-state index is 0.255. The molecule has 1 nitrogen and oxygen atoms in total. The molecule has 0 radical (unpaired) electrons. The summed E-state index contributed by atoms with van der Waals surface area (Å²) < 4.78 is 0. The summed E-state index contributed by atoms with van der Waals surface area (Å²) in [5.74, 6) is 1.29. The Labute approximate surface area is 63.8 Å². The van der Waals surface area contributed by atoms with Crippen LogP contribution in [0.4, 0.5) is 0 Å². The fourth-order valence-corrected chi connectivity index (χ4v) is 1.22. The van der Waals surface area contributed by atoms with Crippen molar-refractivity contribution in [1.82, 2.24) is 0 Å². The highest BCUT2D eigenvalue weighted by Gasteiger charge is 2.17. The number of aldehydes is 1. The van der Waals surface area contributed by atoms with Gasteiger partial charge in [-0.15, -0.1) is 0 Å². The molecular formula is C9H18O. The molecule has 1 heteroatoms. The van der Waals surface area contributed by atoms with Crippen molar-refractivity contribution in [2.75, 3.05) is 0 Å². The van der Waals surface area contributed by atoms with Crippen molar-refractivity contribution in [2.45, 2.75) is 34.1 Å². The standard InChI is InChI=1S/C9H18O/c1-5-8(4)9(6-10)7(2)3/h6-9H,5H2,1-4H3. The summed E-state index contributed by atoms with van der Waals surface area (Å²) in [4.78, 5) is 10.5. The molecule has 0 bridgehead atoms. The van der Waals surface area contributed by atoms with Crippen LogP contribution in [0.5, 0.6) is 0 Å². The van der Waals surface area contributed by atoms with Crippen molar-refractivity contribution in [1.29, 1.82) is 0 Å². The smallest absolute Gasteiger partial charge is 0.123 e. The van der Waals surface area contributed by atoms with Gasteiger partial charge in [0.1, 0.15) is 6.29 Å². The number of hydrogen-bond donors (Lipinski definition) is 0. The number of carbonyl (C=O) groups excluding carboxylic acids is 1. The maximum Gasteiger partial charge on any atom is 0.123 e. The zero-order valence-corrected chi connectivity index (χ0v) is 7.42. The van der Waals surface area contributed by atoms with E-state index in [-0.39, 0.29) is 5.92 Å². The van der Waals surface area contributed by atoms with Crippen molar-refractivity contribution >= 4 is 6.29 Å². The maximum absolute atomic E-state index is 10.5. The first-order valence-electron chi connectivity index (χ1n) is 4.08. The van der Waals surface area contributed by atoms with E-state index in [2.05, 4.69) is 27.7 Å². The first-order valence-corrected chi connectivity index (χ1v) is 4.08. The Balaban J connectivity index is 3.92. The normalized spacial score (nSPS) is 16.9. The van der Waals surface area contributed by atoms with Crippen molar-refractivity contribution in [2.24, 2.45) is 17.8 Å². The molecular weight excluding hydrogens is 124 g/mol. The lowest BCUT2D eigenvalue weighted by Gasteiger charge is -2.20. The minimum Gasteiger partial charge on any atom is -0.303 e. The Morgan fingerprint density at radius 2 is 1.80 bits per heavy atom. The first-order chi connectivity index (χ1) is 4.63. The molecule has 0 aromatic carbocycles. The quantitative estimate of drug-likeness (QED) is 0.551. The van der Waals surface area contributed by atoms with Gasteiger partial charge < -0.3 is 4.79 Å². The molecule has 0 saturated heterocycles. The number of hydrogen-bond acceptors (Lipinski definition) is 1. The molecule has 0 saturated carbocycles. The second-order valence-corrected chi connectivity index (χ2v) is 3.34. The predicted molar refractivity (Wildman–Crippen MR) is 43.8 cm³/mol. The van der Waals surface area contributed by atoms with Crippen LogP contribution in [-0.2, 0) is 4.79 Å². The summed E-state index contributed by atoms with van der Waals surface area (Å²) in [6.45, 7) is 8.47. The molecule has 0 aromatic heterocycles. The highest BCUT2D eigenvalue weighted by molar-refractivity contribution is 5.54. The first kappa shape index (κ1) is 9.67. The molecule has 0 aliphatic heterocycles. The average Bonchev–Trinajstić information content (AvgIpc) is 1.88. The van der Waals surface area contributed by atoms with Crippen molar-refractivity contribution in [3.63, 3.8) is 0 Å². The summed E-state index contributed by atoms with van der Waals surface area (Å²) in [7, 11) is 0. The Morgan fingerprint density at radius 3 is 1.90 bits per heavy atom. The second-order valence-electron chi connectivity index (χ2n) is 3.34. The third-order valence-electron chi connectivity index (χ3n) is 2.23. The molecule has 0 aliphatic rings. The highest BCUT2D eigenvalue weighted by atomic mass is 16.1. The molecule has 0 heterocycles. The lowest BCUT2D eigenvalue weighted by molar-refractivity contribution is -0.113. The van der Waals surface area contributed by atoms with E-state index < -0.39 is 0 Å². The lowest BCUT2D eigenvalue weighted by atomic mass is 9.84. The molecule has 0 spiro atoms. The van der Waals surface area contributed by atoms with Crippen LogP contribution in [0, 0.1) is 17.8 Å². The lowest BCUT2D eigenvalue weighted by Crippen LogP contribution is -2.18. The molecule has 10 heavy (non-hydrogen) atoms. The monoisotopic (exact) mass is 142 g/mol. The van der Waals surface area contributed by atoms with Gasteiger partial charge in [0, 0.05) is 5.92 Å². The second kappa shape index (κ2) is 4.48. The van der Waals surface area contributed by atoms with E-state index in [1.807, 2.05) is 0 Å². The predicted octanol–water partition coefficient (Wildman–Crippen LogP) is 2.50. The molecule has 0 amide bonds. The Bertz CT molecular complexity index is 96.9. The van der Waals surface area contributed by atoms with Crippen molar-refractivity contribution in [3.05, 3.63) is 0 Å². The van der Waals surface area contributed by atoms with Crippen LogP contribution in [-0.4, -0.2) is 6.29 Å². The van der Waals surface area contributed by atoms with Gasteiger partial charge in [-0.1, -0.05) is 34.1 Å². The van der Waals surface area contributed by atoms with Crippen LogP contribution in [0.25, 0.3) is 0 Å². The third-order valence-corrected chi connectivity index (χ3v) is 2.23. The molecule has 0 N–H and O–H groups in total. The fraction of sp³-hybridized carbons (Fsp3) is 0.889. The molecule has 60 valence electrons. The summed E-state index contributed by atoms with van der Waals surface area (Å²) in [5, 5.41) is 0. The molecule has 0 aliphatic carbocycles. The van der Waals surface area contributed by atoms with E-state index >= 15 is 0 Å². The summed E-state index contributed by atoms with van der Waals surface area (Å²) >= 11 is 0. The Kier molecular flexibility index (Phi) is 4.33. The van der Waals surface area contributed by atoms with E-state index in [4.69, 9.17) is 0 Å². The molecule has 0 rings (SSSR count). The Hall–Kier alpha value is -0.330. The summed E-state index contributed by atoms with van der Waals surface area (Å²) in [6, 6.07) is 0. The van der Waals surface area contributed by atoms with Crippen molar-refractivity contribution in [3.8, 4) is 0 Å². The van der Waals surface area contributed by atoms with E-state index in [1.165, 1.54) is 0 Å². The van der Waals surface area contributed by atoms with Gasteiger partial charge in [-0.3, -0.25) is 0 Å². The zero-order chi connectivity index (χ0) is 8.15. The van der Waals surface area contributed by atoms with Crippen LogP contribution in [0.3, 0.4) is 0 Å². The Morgan fingerprint density at radius 1 is 1.30 bits per heavy atom.